The van der Waals surface area contributed by atoms with E-state index in [2.05, 4.69) is 4.98 Å². The van der Waals surface area contributed by atoms with E-state index in [0.717, 1.165) is 5.39 Å². The molecule has 4 aromatic rings. The Morgan fingerprint density at radius 3 is 2.96 bits per heavy atom. The summed E-state index contributed by atoms with van der Waals surface area (Å²) >= 11 is 0. The fourth-order valence-corrected chi connectivity index (χ4v) is 2.74. The van der Waals surface area contributed by atoms with Gasteiger partial charge in [-0.25, -0.2) is 9.78 Å². The molecule has 0 aliphatic rings. The Morgan fingerprint density at radius 1 is 1.28 bits per heavy atom. The van der Waals surface area contributed by atoms with Gasteiger partial charge in [-0.3, -0.25) is 9.36 Å². The van der Waals surface area contributed by atoms with Crippen molar-refractivity contribution in [2.24, 2.45) is 0 Å². The highest BCUT2D eigenvalue weighted by atomic mass is 16.5. The van der Waals surface area contributed by atoms with E-state index in [-0.39, 0.29) is 24.3 Å². The zero-order valence-corrected chi connectivity index (χ0v) is 13.4. The minimum Gasteiger partial charge on any atom is -0.467 e. The van der Waals surface area contributed by atoms with Crippen LogP contribution in [0.25, 0.3) is 22.1 Å². The number of benzene rings is 1. The van der Waals surface area contributed by atoms with Gasteiger partial charge in [-0.2, -0.15) is 0 Å². The number of furan rings is 2. The van der Waals surface area contributed by atoms with Crippen LogP contribution >= 0.6 is 0 Å². The van der Waals surface area contributed by atoms with Gasteiger partial charge in [0.25, 0.3) is 5.56 Å². The number of aromatic nitrogens is 2. The van der Waals surface area contributed by atoms with Gasteiger partial charge < -0.3 is 13.6 Å². The highest BCUT2D eigenvalue weighted by Gasteiger charge is 2.18. The number of fused-ring (bicyclic) bond motifs is 3. The maximum atomic E-state index is 12.7. The van der Waals surface area contributed by atoms with Crippen molar-refractivity contribution in [1.29, 1.82) is 0 Å². The molecular formula is C18H14N2O5. The van der Waals surface area contributed by atoms with E-state index >= 15 is 0 Å². The van der Waals surface area contributed by atoms with Crippen LogP contribution in [0.4, 0.5) is 0 Å². The Balaban J connectivity index is 1.77. The first-order valence-corrected chi connectivity index (χ1v) is 7.79. The lowest BCUT2D eigenvalue weighted by atomic mass is 10.2. The van der Waals surface area contributed by atoms with Gasteiger partial charge in [-0.05, 0) is 25.1 Å². The molecule has 0 saturated carbocycles. The van der Waals surface area contributed by atoms with E-state index in [0.29, 0.717) is 22.4 Å². The SMILES string of the molecule is CCOC(=O)c1ccoc1Cn1cnc2c(oc3ccccc32)c1=O. The van der Waals surface area contributed by atoms with Crippen molar-refractivity contribution in [1.82, 2.24) is 9.55 Å². The van der Waals surface area contributed by atoms with E-state index in [1.807, 2.05) is 18.2 Å². The summed E-state index contributed by atoms with van der Waals surface area (Å²) in [7, 11) is 0. The summed E-state index contributed by atoms with van der Waals surface area (Å²) in [6.45, 7) is 2.04. The highest BCUT2D eigenvalue weighted by Crippen LogP contribution is 2.24. The summed E-state index contributed by atoms with van der Waals surface area (Å²) in [5.74, 6) is -0.158. The van der Waals surface area contributed by atoms with Crippen molar-refractivity contribution in [3.8, 4) is 0 Å². The summed E-state index contributed by atoms with van der Waals surface area (Å²) in [5, 5.41) is 0.784. The molecule has 0 N–H and O–H groups in total. The predicted molar refractivity (Wildman–Crippen MR) is 89.5 cm³/mol. The van der Waals surface area contributed by atoms with Gasteiger partial charge >= 0.3 is 5.97 Å². The molecular weight excluding hydrogens is 324 g/mol. The first-order valence-electron chi connectivity index (χ1n) is 7.79. The van der Waals surface area contributed by atoms with Gasteiger partial charge in [0, 0.05) is 5.39 Å². The molecule has 0 saturated heterocycles. The third-order valence-electron chi connectivity index (χ3n) is 3.91. The van der Waals surface area contributed by atoms with Crippen molar-refractivity contribution in [3.05, 3.63) is 64.6 Å². The molecule has 7 nitrogen and oxygen atoms in total. The molecule has 0 radical (unpaired) electrons. The maximum Gasteiger partial charge on any atom is 0.341 e. The van der Waals surface area contributed by atoms with Crippen LogP contribution in [0.2, 0.25) is 0 Å². The lowest BCUT2D eigenvalue weighted by molar-refractivity contribution is 0.0523. The minimum absolute atomic E-state index is 0.0555. The summed E-state index contributed by atoms with van der Waals surface area (Å²) in [6, 6.07) is 8.84. The first-order chi connectivity index (χ1) is 12.2. The van der Waals surface area contributed by atoms with Gasteiger partial charge in [0.2, 0.25) is 5.58 Å². The molecule has 4 rings (SSSR count). The number of para-hydroxylation sites is 1. The summed E-state index contributed by atoms with van der Waals surface area (Å²) in [4.78, 5) is 29.0. The third-order valence-corrected chi connectivity index (χ3v) is 3.91. The van der Waals surface area contributed by atoms with Crippen LogP contribution in [0.1, 0.15) is 23.0 Å². The molecule has 0 bridgehead atoms. The maximum absolute atomic E-state index is 12.7. The lowest BCUT2D eigenvalue weighted by Gasteiger charge is -2.05. The van der Waals surface area contributed by atoms with Crippen LogP contribution in [0.3, 0.4) is 0 Å². The van der Waals surface area contributed by atoms with Crippen LogP contribution in [0.5, 0.6) is 0 Å². The van der Waals surface area contributed by atoms with Gasteiger partial charge in [0.1, 0.15) is 22.4 Å². The Labute approximate surface area is 141 Å². The van der Waals surface area contributed by atoms with E-state index in [1.54, 1.807) is 13.0 Å². The number of nitrogens with zero attached hydrogens (tertiary/aromatic N) is 2. The largest absolute Gasteiger partial charge is 0.467 e. The van der Waals surface area contributed by atoms with Crippen molar-refractivity contribution in [3.63, 3.8) is 0 Å². The van der Waals surface area contributed by atoms with Crippen molar-refractivity contribution in [2.45, 2.75) is 13.5 Å². The summed E-state index contributed by atoms with van der Waals surface area (Å²) in [5.41, 5.74) is 1.24. The Kier molecular flexibility index (Phi) is 3.61. The normalized spacial score (nSPS) is 11.2. The van der Waals surface area contributed by atoms with Crippen molar-refractivity contribution >= 4 is 28.0 Å². The second kappa shape index (κ2) is 5.94. The van der Waals surface area contributed by atoms with Gasteiger partial charge in [0.15, 0.2) is 0 Å². The molecule has 25 heavy (non-hydrogen) atoms. The zero-order chi connectivity index (χ0) is 17.4. The van der Waals surface area contributed by atoms with Crippen LogP contribution < -0.4 is 5.56 Å². The molecule has 3 aromatic heterocycles. The fourth-order valence-electron chi connectivity index (χ4n) is 2.74. The van der Waals surface area contributed by atoms with Gasteiger partial charge in [-0.1, -0.05) is 12.1 Å². The second-order valence-electron chi connectivity index (χ2n) is 5.43. The molecule has 0 amide bonds. The Morgan fingerprint density at radius 2 is 2.12 bits per heavy atom. The van der Waals surface area contributed by atoms with Crippen molar-refractivity contribution in [2.75, 3.05) is 6.61 Å². The zero-order valence-electron chi connectivity index (χ0n) is 13.4. The van der Waals surface area contributed by atoms with Crippen LogP contribution in [-0.4, -0.2) is 22.1 Å². The van der Waals surface area contributed by atoms with Crippen LogP contribution in [0, 0.1) is 0 Å². The molecule has 7 heteroatoms. The Hall–Kier alpha value is -3.35. The van der Waals surface area contributed by atoms with Gasteiger partial charge in [0.05, 0.1) is 25.7 Å². The molecule has 1 aromatic carbocycles. The number of hydrogen-bond acceptors (Lipinski definition) is 6. The average Bonchev–Trinajstić information content (AvgIpc) is 3.22. The number of carbonyl (C=O) groups is 1. The minimum atomic E-state index is -0.489. The smallest absolute Gasteiger partial charge is 0.341 e. The first kappa shape index (κ1) is 15.2. The number of ether oxygens (including phenoxy) is 1. The molecule has 0 unspecified atom stereocenters. The predicted octanol–water partition coefficient (Wildman–Crippen LogP) is 2.96. The Bertz CT molecular complexity index is 1140. The van der Waals surface area contributed by atoms with E-state index in [4.69, 9.17) is 13.6 Å². The quantitative estimate of drug-likeness (QED) is 0.532. The number of carbonyl (C=O) groups excluding carboxylic acids is 1. The molecule has 0 aliphatic heterocycles. The topological polar surface area (TPSA) is 87.5 Å². The molecule has 0 atom stereocenters. The van der Waals surface area contributed by atoms with E-state index < -0.39 is 5.97 Å². The lowest BCUT2D eigenvalue weighted by Crippen LogP contribution is -2.21. The monoisotopic (exact) mass is 338 g/mol. The molecule has 0 spiro atoms. The number of rotatable bonds is 4. The molecule has 126 valence electrons. The van der Waals surface area contributed by atoms with Crippen LogP contribution in [-0.2, 0) is 11.3 Å². The van der Waals surface area contributed by atoms with E-state index in [9.17, 15) is 9.59 Å². The summed E-state index contributed by atoms with van der Waals surface area (Å²) < 4.78 is 17.3. The van der Waals surface area contributed by atoms with E-state index in [1.165, 1.54) is 23.2 Å². The highest BCUT2D eigenvalue weighted by molar-refractivity contribution is 6.01. The summed E-state index contributed by atoms with van der Waals surface area (Å²) in [6.07, 6.45) is 2.81. The molecule has 0 fully saturated rings. The van der Waals surface area contributed by atoms with Crippen molar-refractivity contribution < 1.29 is 18.4 Å². The standard InChI is InChI=1S/C18H14N2O5/c1-2-23-18(22)12-7-8-24-14(12)9-20-10-19-15-11-5-3-4-6-13(11)25-16(15)17(20)21/h3-8,10H,2,9H2,1H3. The third kappa shape index (κ3) is 2.50. The fraction of sp³-hybridized carbons (Fsp3) is 0.167. The number of hydrogen-bond donors (Lipinski definition) is 0. The molecule has 0 aliphatic carbocycles. The van der Waals surface area contributed by atoms with Gasteiger partial charge in [-0.15, -0.1) is 0 Å². The average molecular weight is 338 g/mol. The van der Waals surface area contributed by atoms with Crippen LogP contribution in [0.15, 0.2) is 56.6 Å². The second-order valence-corrected chi connectivity index (χ2v) is 5.43. The molecule has 3 heterocycles. The number of esters is 1.